The number of aliphatic hydroxyl groups is 1. The number of hydrogen-bond acceptors (Lipinski definition) is 2. The number of aliphatic carboxylic acids is 1. The van der Waals surface area contributed by atoms with Gasteiger partial charge in [0.2, 0.25) is 0 Å². The Morgan fingerprint density at radius 2 is 1.72 bits per heavy atom. The number of fused-ring (bicyclic) bond motifs is 1. The van der Waals surface area contributed by atoms with Gasteiger partial charge in [-0.3, -0.25) is 0 Å². The first-order valence-electron chi connectivity index (χ1n) is 11.5. The number of allylic oxidation sites excluding steroid dienone is 3. The monoisotopic (exact) mass is 432 g/mol. The molecule has 0 spiro atoms. The van der Waals surface area contributed by atoms with Crippen molar-refractivity contribution in [3.8, 4) is 0 Å². The molecule has 1 aliphatic carbocycles. The summed E-state index contributed by atoms with van der Waals surface area (Å²) in [5, 5.41) is 18.6. The van der Waals surface area contributed by atoms with Gasteiger partial charge in [0, 0.05) is 12.0 Å². The van der Waals surface area contributed by atoms with Gasteiger partial charge in [-0.15, -0.1) is 0 Å². The van der Waals surface area contributed by atoms with Gasteiger partial charge in [-0.2, -0.15) is 0 Å². The molecule has 1 atom stereocenters. The summed E-state index contributed by atoms with van der Waals surface area (Å²) < 4.78 is 0. The van der Waals surface area contributed by atoms with Crippen LogP contribution in [0.4, 0.5) is 0 Å². The predicted octanol–water partition coefficient (Wildman–Crippen LogP) is 6.75. The van der Waals surface area contributed by atoms with Crippen LogP contribution in [0.3, 0.4) is 0 Å². The molecule has 0 saturated carbocycles. The maximum absolute atomic E-state index is 11.1. The Balaban J connectivity index is 1.92. The molecule has 0 aromatic heterocycles. The van der Waals surface area contributed by atoms with Crippen molar-refractivity contribution in [2.45, 2.75) is 77.2 Å². The molecular formula is C29H36O3. The highest BCUT2D eigenvalue weighted by molar-refractivity contribution is 5.80. The first kappa shape index (κ1) is 24.0. The molecule has 0 bridgehead atoms. The minimum Gasteiger partial charge on any atom is -0.478 e. The molecule has 3 rings (SSSR count). The van der Waals surface area contributed by atoms with Crippen LogP contribution >= 0.6 is 0 Å². The summed E-state index contributed by atoms with van der Waals surface area (Å²) in [6.45, 7) is 11.5. The second kappa shape index (κ2) is 9.46. The number of carboxylic acid groups (broad SMARTS) is 1. The Morgan fingerprint density at radius 3 is 2.38 bits per heavy atom. The zero-order chi connectivity index (χ0) is 23.5. The van der Waals surface area contributed by atoms with Gasteiger partial charge in [0.25, 0.3) is 0 Å². The molecule has 3 heteroatoms. The van der Waals surface area contributed by atoms with Crippen molar-refractivity contribution in [1.29, 1.82) is 0 Å². The van der Waals surface area contributed by atoms with Gasteiger partial charge in [-0.1, -0.05) is 82.3 Å². The van der Waals surface area contributed by atoms with Gasteiger partial charge in [0.15, 0.2) is 0 Å². The maximum Gasteiger partial charge on any atom is 0.327 e. The lowest BCUT2D eigenvalue weighted by molar-refractivity contribution is -0.131. The van der Waals surface area contributed by atoms with E-state index in [0.29, 0.717) is 6.42 Å². The summed E-state index contributed by atoms with van der Waals surface area (Å²) >= 11 is 0. The van der Waals surface area contributed by atoms with E-state index in [4.69, 9.17) is 5.11 Å². The van der Waals surface area contributed by atoms with E-state index in [-0.39, 0.29) is 23.4 Å². The molecule has 0 aliphatic heterocycles. The van der Waals surface area contributed by atoms with Gasteiger partial charge in [0.05, 0.1) is 6.61 Å². The largest absolute Gasteiger partial charge is 0.478 e. The van der Waals surface area contributed by atoms with E-state index in [9.17, 15) is 9.90 Å². The Kier molecular flexibility index (Phi) is 7.09. The molecule has 0 fully saturated rings. The Morgan fingerprint density at radius 1 is 1.03 bits per heavy atom. The highest BCUT2D eigenvalue weighted by atomic mass is 16.4. The maximum atomic E-state index is 11.1. The summed E-state index contributed by atoms with van der Waals surface area (Å²) in [7, 11) is 0. The van der Waals surface area contributed by atoms with Crippen LogP contribution in [0.25, 0.3) is 5.57 Å². The molecule has 0 saturated heterocycles. The minimum atomic E-state index is -0.950. The van der Waals surface area contributed by atoms with Crippen LogP contribution < -0.4 is 0 Å². The topological polar surface area (TPSA) is 57.5 Å². The molecule has 1 unspecified atom stereocenters. The quantitative estimate of drug-likeness (QED) is 0.476. The van der Waals surface area contributed by atoms with Crippen LogP contribution in [0, 0.1) is 0 Å². The average molecular weight is 433 g/mol. The number of aliphatic hydroxyl groups excluding tert-OH is 1. The molecule has 2 N–H and O–H groups in total. The van der Waals surface area contributed by atoms with Crippen molar-refractivity contribution >= 4 is 11.5 Å². The van der Waals surface area contributed by atoms with Crippen molar-refractivity contribution in [3.63, 3.8) is 0 Å². The number of carboxylic acids is 1. The molecule has 1 aliphatic rings. The third-order valence-corrected chi connectivity index (χ3v) is 7.02. The van der Waals surface area contributed by atoms with Crippen molar-refractivity contribution in [3.05, 3.63) is 88.5 Å². The van der Waals surface area contributed by atoms with Gasteiger partial charge >= 0.3 is 5.97 Å². The van der Waals surface area contributed by atoms with E-state index in [2.05, 4.69) is 58.9 Å². The van der Waals surface area contributed by atoms with E-state index >= 15 is 0 Å². The highest BCUT2D eigenvalue weighted by Crippen LogP contribution is 2.46. The fourth-order valence-corrected chi connectivity index (χ4v) is 4.70. The van der Waals surface area contributed by atoms with Crippen molar-refractivity contribution in [2.24, 2.45) is 0 Å². The molecule has 0 radical (unpaired) electrons. The van der Waals surface area contributed by atoms with Gasteiger partial charge in [-0.25, -0.2) is 4.79 Å². The fourth-order valence-electron chi connectivity index (χ4n) is 4.70. The number of rotatable bonds is 7. The van der Waals surface area contributed by atoms with E-state index in [0.717, 1.165) is 11.1 Å². The van der Waals surface area contributed by atoms with Crippen molar-refractivity contribution in [1.82, 2.24) is 0 Å². The summed E-state index contributed by atoms with van der Waals surface area (Å²) in [5.41, 5.74) is 7.51. The first-order chi connectivity index (χ1) is 15.0. The highest BCUT2D eigenvalue weighted by Gasteiger charge is 2.36. The summed E-state index contributed by atoms with van der Waals surface area (Å²) in [5.74, 6) is -1.02. The lowest BCUT2D eigenvalue weighted by Gasteiger charge is -2.42. The normalized spacial score (nSPS) is 18.4. The van der Waals surface area contributed by atoms with Gasteiger partial charge < -0.3 is 10.2 Å². The third-order valence-electron chi connectivity index (χ3n) is 7.02. The van der Waals surface area contributed by atoms with Gasteiger partial charge in [-0.05, 0) is 70.4 Å². The number of benzene rings is 2. The fraction of sp³-hybridized carbons (Fsp3) is 0.414. The lowest BCUT2D eigenvalue weighted by atomic mass is 9.63. The van der Waals surface area contributed by atoms with Crippen molar-refractivity contribution in [2.75, 3.05) is 0 Å². The van der Waals surface area contributed by atoms with Crippen LogP contribution in [0.2, 0.25) is 0 Å². The molecule has 32 heavy (non-hydrogen) atoms. The second-order valence-corrected chi connectivity index (χ2v) is 10.4. The Labute approximate surface area is 192 Å². The SMILES string of the molecule is C/C(=C\CC(/C=C\C(=O)O)c1cccc(CO)c1)c1ccc2c(c1)C(C)(C)CCC2(C)C. The second-order valence-electron chi connectivity index (χ2n) is 10.4. The molecular weight excluding hydrogens is 396 g/mol. The number of carbonyl (C=O) groups is 1. The standard InChI is InChI=1S/C29H36O3/c1-20(23-11-13-25-26(18-23)29(4,5)16-15-28(25,2)3)9-10-22(12-14-27(31)32)24-8-6-7-21(17-24)19-30/h6-9,11-14,17-18,22,30H,10,15-16,19H2,1-5H3,(H,31,32)/b14-12-,20-9+. The smallest absolute Gasteiger partial charge is 0.327 e. The zero-order valence-corrected chi connectivity index (χ0v) is 20.0. The summed E-state index contributed by atoms with van der Waals surface area (Å²) in [6, 6.07) is 14.6. The molecule has 0 heterocycles. The summed E-state index contributed by atoms with van der Waals surface area (Å²) in [6.07, 6.45) is 8.22. The van der Waals surface area contributed by atoms with E-state index in [1.807, 2.05) is 24.3 Å². The molecule has 2 aromatic carbocycles. The Hall–Kier alpha value is -2.65. The van der Waals surface area contributed by atoms with E-state index < -0.39 is 5.97 Å². The first-order valence-corrected chi connectivity index (χ1v) is 11.5. The third kappa shape index (κ3) is 5.39. The van der Waals surface area contributed by atoms with Crippen LogP contribution in [-0.4, -0.2) is 16.2 Å². The zero-order valence-electron chi connectivity index (χ0n) is 20.0. The lowest BCUT2D eigenvalue weighted by Crippen LogP contribution is -2.33. The summed E-state index contributed by atoms with van der Waals surface area (Å²) in [4.78, 5) is 11.1. The molecule has 0 amide bonds. The van der Waals surface area contributed by atoms with E-state index in [1.54, 1.807) is 6.08 Å². The molecule has 3 nitrogen and oxygen atoms in total. The number of hydrogen-bond donors (Lipinski definition) is 2. The van der Waals surface area contributed by atoms with E-state index in [1.165, 1.54) is 41.2 Å². The van der Waals surface area contributed by atoms with Crippen LogP contribution in [0.5, 0.6) is 0 Å². The Bertz CT molecular complexity index is 1040. The van der Waals surface area contributed by atoms with Crippen LogP contribution in [0.1, 0.15) is 87.6 Å². The van der Waals surface area contributed by atoms with Crippen LogP contribution in [0.15, 0.2) is 60.7 Å². The van der Waals surface area contributed by atoms with Gasteiger partial charge in [0.1, 0.15) is 0 Å². The molecule has 2 aromatic rings. The minimum absolute atomic E-state index is 0.0284. The molecule has 170 valence electrons. The van der Waals surface area contributed by atoms with Crippen LogP contribution in [-0.2, 0) is 22.2 Å². The van der Waals surface area contributed by atoms with Crippen molar-refractivity contribution < 1.29 is 15.0 Å². The average Bonchev–Trinajstić information content (AvgIpc) is 2.76. The predicted molar refractivity (Wildman–Crippen MR) is 132 cm³/mol.